The van der Waals surface area contributed by atoms with E-state index in [0.29, 0.717) is 5.95 Å². The summed E-state index contributed by atoms with van der Waals surface area (Å²) in [6.07, 6.45) is 1.64. The first kappa shape index (κ1) is 10.5. The first-order chi connectivity index (χ1) is 7.16. The summed E-state index contributed by atoms with van der Waals surface area (Å²) in [5.41, 5.74) is 0.812. The van der Waals surface area contributed by atoms with E-state index >= 15 is 0 Å². The molecule has 80 valence electrons. The first-order valence-corrected chi connectivity index (χ1v) is 5.47. The van der Waals surface area contributed by atoms with Crippen LogP contribution >= 0.6 is 15.9 Å². The number of aryl methyl sites for hydroxylation is 1. The van der Waals surface area contributed by atoms with Gasteiger partial charge in [-0.2, -0.15) is 0 Å². The molecular formula is C9H11BrN4O. The highest BCUT2D eigenvalue weighted by Gasteiger charge is 2.25. The van der Waals surface area contributed by atoms with Crippen LogP contribution in [0.1, 0.15) is 5.69 Å². The summed E-state index contributed by atoms with van der Waals surface area (Å²) in [6.45, 7) is 3.33. The Morgan fingerprint density at radius 1 is 1.67 bits per heavy atom. The minimum Gasteiger partial charge on any atom is -0.315 e. The summed E-state index contributed by atoms with van der Waals surface area (Å²) in [5, 5.41) is 5.73. The maximum atomic E-state index is 11.5. The third-order valence-electron chi connectivity index (χ3n) is 2.31. The number of aromatic nitrogens is 2. The molecule has 1 amide bonds. The van der Waals surface area contributed by atoms with Gasteiger partial charge in [-0.05, 0) is 22.9 Å². The average Bonchev–Trinajstić information content (AvgIpc) is 2.08. The molecule has 0 spiro atoms. The Labute approximate surface area is 95.8 Å². The van der Waals surface area contributed by atoms with Crippen molar-refractivity contribution in [3.05, 3.63) is 16.4 Å². The van der Waals surface area contributed by atoms with E-state index in [0.717, 1.165) is 23.3 Å². The molecule has 5 nitrogen and oxygen atoms in total. The number of nitrogens with one attached hydrogen (secondary N) is 2. The second-order valence-corrected chi connectivity index (χ2v) is 4.33. The molecular weight excluding hydrogens is 260 g/mol. The van der Waals surface area contributed by atoms with Crippen LogP contribution in [0.15, 0.2) is 10.7 Å². The quantitative estimate of drug-likeness (QED) is 0.831. The SMILES string of the molecule is Cc1nc(NC(=O)C2CNC2)ncc1Br. The van der Waals surface area contributed by atoms with Crippen molar-refractivity contribution in [2.24, 2.45) is 5.92 Å². The van der Waals surface area contributed by atoms with Crippen LogP contribution in [0.4, 0.5) is 5.95 Å². The number of anilines is 1. The van der Waals surface area contributed by atoms with Gasteiger partial charge in [-0.25, -0.2) is 9.97 Å². The average molecular weight is 271 g/mol. The van der Waals surface area contributed by atoms with Crippen LogP contribution in [0.2, 0.25) is 0 Å². The van der Waals surface area contributed by atoms with Gasteiger partial charge in [0.2, 0.25) is 11.9 Å². The lowest BCUT2D eigenvalue weighted by atomic mass is 10.0. The van der Waals surface area contributed by atoms with Crippen molar-refractivity contribution >= 4 is 27.8 Å². The fourth-order valence-corrected chi connectivity index (χ4v) is 1.39. The second-order valence-electron chi connectivity index (χ2n) is 3.47. The summed E-state index contributed by atoms with van der Waals surface area (Å²) in [7, 11) is 0. The molecule has 0 saturated carbocycles. The zero-order valence-electron chi connectivity index (χ0n) is 8.25. The number of rotatable bonds is 2. The van der Waals surface area contributed by atoms with E-state index in [4.69, 9.17) is 0 Å². The van der Waals surface area contributed by atoms with Gasteiger partial charge in [-0.1, -0.05) is 0 Å². The third-order valence-corrected chi connectivity index (χ3v) is 3.09. The standard InChI is InChI=1S/C9H11BrN4O/c1-5-7(10)4-12-9(13-5)14-8(15)6-2-11-3-6/h4,6,11H,2-3H2,1H3,(H,12,13,14,15). The van der Waals surface area contributed by atoms with Gasteiger partial charge < -0.3 is 5.32 Å². The molecule has 2 rings (SSSR count). The van der Waals surface area contributed by atoms with Gasteiger partial charge in [0.1, 0.15) is 0 Å². The Kier molecular flexibility index (Phi) is 2.97. The molecule has 15 heavy (non-hydrogen) atoms. The van der Waals surface area contributed by atoms with Gasteiger partial charge in [0.25, 0.3) is 0 Å². The van der Waals surface area contributed by atoms with E-state index in [1.807, 2.05) is 6.92 Å². The summed E-state index contributed by atoms with van der Waals surface area (Å²) >= 11 is 3.30. The molecule has 0 bridgehead atoms. The van der Waals surface area contributed by atoms with Crippen molar-refractivity contribution in [1.29, 1.82) is 0 Å². The molecule has 1 aromatic rings. The molecule has 0 aliphatic carbocycles. The van der Waals surface area contributed by atoms with Crippen molar-refractivity contribution in [3.8, 4) is 0 Å². The summed E-state index contributed by atoms with van der Waals surface area (Å²) in [5.74, 6) is 0.403. The zero-order valence-corrected chi connectivity index (χ0v) is 9.84. The Morgan fingerprint density at radius 3 is 2.93 bits per heavy atom. The van der Waals surface area contributed by atoms with Gasteiger partial charge >= 0.3 is 0 Å². The lowest BCUT2D eigenvalue weighted by Gasteiger charge is -2.25. The zero-order chi connectivity index (χ0) is 10.8. The monoisotopic (exact) mass is 270 g/mol. The molecule has 1 saturated heterocycles. The minimum absolute atomic E-state index is 0.0181. The number of carbonyl (C=O) groups excluding carboxylic acids is 1. The number of nitrogens with zero attached hydrogens (tertiary/aromatic N) is 2. The van der Waals surface area contributed by atoms with E-state index in [1.165, 1.54) is 0 Å². The van der Waals surface area contributed by atoms with Crippen molar-refractivity contribution in [2.45, 2.75) is 6.92 Å². The molecule has 6 heteroatoms. The first-order valence-electron chi connectivity index (χ1n) is 4.67. The predicted molar refractivity (Wildman–Crippen MR) is 59.5 cm³/mol. The molecule has 0 radical (unpaired) electrons. The highest BCUT2D eigenvalue weighted by molar-refractivity contribution is 9.10. The maximum Gasteiger partial charge on any atom is 0.232 e. The fourth-order valence-electron chi connectivity index (χ4n) is 1.20. The molecule has 2 heterocycles. The van der Waals surface area contributed by atoms with E-state index in [9.17, 15) is 4.79 Å². The van der Waals surface area contributed by atoms with Crippen LogP contribution in [0.25, 0.3) is 0 Å². The van der Waals surface area contributed by atoms with Crippen molar-refractivity contribution in [1.82, 2.24) is 15.3 Å². The van der Waals surface area contributed by atoms with Crippen LogP contribution in [0.5, 0.6) is 0 Å². The van der Waals surface area contributed by atoms with E-state index in [1.54, 1.807) is 6.20 Å². The van der Waals surface area contributed by atoms with Crippen molar-refractivity contribution in [2.75, 3.05) is 18.4 Å². The number of carbonyl (C=O) groups is 1. The van der Waals surface area contributed by atoms with Gasteiger partial charge in [-0.15, -0.1) is 0 Å². The highest BCUT2D eigenvalue weighted by atomic mass is 79.9. The Bertz CT molecular complexity index is 392. The lowest BCUT2D eigenvalue weighted by Crippen LogP contribution is -2.48. The highest BCUT2D eigenvalue weighted by Crippen LogP contribution is 2.14. The van der Waals surface area contributed by atoms with Gasteiger partial charge in [0, 0.05) is 19.3 Å². The molecule has 0 atom stereocenters. The van der Waals surface area contributed by atoms with Crippen LogP contribution < -0.4 is 10.6 Å². The van der Waals surface area contributed by atoms with Gasteiger partial charge in [-0.3, -0.25) is 10.1 Å². The predicted octanol–water partition coefficient (Wildman–Crippen LogP) is 0.705. The Hall–Kier alpha value is -1.01. The number of hydrogen-bond acceptors (Lipinski definition) is 4. The van der Waals surface area contributed by atoms with E-state index < -0.39 is 0 Å². The maximum absolute atomic E-state index is 11.5. The van der Waals surface area contributed by atoms with Gasteiger partial charge in [0.05, 0.1) is 16.1 Å². The summed E-state index contributed by atoms with van der Waals surface area (Å²) < 4.78 is 0.839. The molecule has 1 fully saturated rings. The third kappa shape index (κ3) is 2.32. The van der Waals surface area contributed by atoms with Crippen LogP contribution in [-0.2, 0) is 4.79 Å². The fraction of sp³-hybridized carbons (Fsp3) is 0.444. The number of halogens is 1. The minimum atomic E-state index is -0.0181. The molecule has 0 aromatic carbocycles. The lowest BCUT2D eigenvalue weighted by molar-refractivity contribution is -0.121. The van der Waals surface area contributed by atoms with Crippen molar-refractivity contribution < 1.29 is 4.79 Å². The van der Waals surface area contributed by atoms with Gasteiger partial charge in [0.15, 0.2) is 0 Å². The van der Waals surface area contributed by atoms with Crippen LogP contribution in [-0.4, -0.2) is 29.0 Å². The largest absolute Gasteiger partial charge is 0.315 e. The topological polar surface area (TPSA) is 66.9 Å². The normalized spacial score (nSPS) is 15.9. The molecule has 2 N–H and O–H groups in total. The second kappa shape index (κ2) is 4.24. The molecule has 0 unspecified atom stereocenters. The number of amides is 1. The number of hydrogen-bond donors (Lipinski definition) is 2. The van der Waals surface area contributed by atoms with Crippen molar-refractivity contribution in [3.63, 3.8) is 0 Å². The van der Waals surface area contributed by atoms with Crippen LogP contribution in [0.3, 0.4) is 0 Å². The Morgan fingerprint density at radius 2 is 2.40 bits per heavy atom. The van der Waals surface area contributed by atoms with Crippen LogP contribution in [0, 0.1) is 12.8 Å². The molecule has 1 aromatic heterocycles. The smallest absolute Gasteiger partial charge is 0.232 e. The molecule has 1 aliphatic heterocycles. The Balaban J connectivity index is 2.03. The summed E-state index contributed by atoms with van der Waals surface area (Å²) in [6, 6.07) is 0. The molecule has 1 aliphatic rings. The van der Waals surface area contributed by atoms with E-state index in [-0.39, 0.29) is 11.8 Å². The van der Waals surface area contributed by atoms with E-state index in [2.05, 4.69) is 36.5 Å². The summed E-state index contributed by atoms with van der Waals surface area (Å²) in [4.78, 5) is 19.7.